The van der Waals surface area contributed by atoms with E-state index in [0.717, 1.165) is 5.56 Å². The molecule has 0 saturated carbocycles. The lowest BCUT2D eigenvalue weighted by Crippen LogP contribution is -2.33. The van der Waals surface area contributed by atoms with Crippen LogP contribution >= 0.6 is 23.2 Å². The molecule has 0 atom stereocenters. The molecule has 0 bridgehead atoms. The van der Waals surface area contributed by atoms with Crippen LogP contribution in [0.1, 0.15) is 18.9 Å². The van der Waals surface area contributed by atoms with Crippen molar-refractivity contribution in [3.05, 3.63) is 68.4 Å². The fourth-order valence-corrected chi connectivity index (χ4v) is 3.08. The Morgan fingerprint density at radius 1 is 1.15 bits per heavy atom. The van der Waals surface area contributed by atoms with Gasteiger partial charge in [0.15, 0.2) is 0 Å². The first kappa shape index (κ1) is 19.3. The molecule has 3 aromatic rings. The maximum Gasteiger partial charge on any atom is 0.277 e. The van der Waals surface area contributed by atoms with E-state index in [9.17, 15) is 9.59 Å². The maximum absolute atomic E-state index is 12.6. The lowest BCUT2D eigenvalue weighted by molar-refractivity contribution is -0.131. The first-order valence-corrected chi connectivity index (χ1v) is 9.29. The quantitative estimate of drug-likeness (QED) is 0.629. The average Bonchev–Trinajstić information content (AvgIpc) is 2.68. The lowest BCUT2D eigenvalue weighted by Gasteiger charge is -2.21. The summed E-state index contributed by atoms with van der Waals surface area (Å²) < 4.78 is 1.23. The minimum absolute atomic E-state index is 0.0783. The molecule has 3 rings (SSSR count). The highest BCUT2D eigenvalue weighted by molar-refractivity contribution is 6.42. The molecule has 6 nitrogen and oxygen atoms in total. The van der Waals surface area contributed by atoms with Crippen LogP contribution < -0.4 is 5.56 Å². The van der Waals surface area contributed by atoms with E-state index in [-0.39, 0.29) is 24.4 Å². The van der Waals surface area contributed by atoms with E-state index < -0.39 is 0 Å². The molecule has 1 amide bonds. The number of amides is 1. The molecule has 8 heteroatoms. The molecule has 0 radical (unpaired) electrons. The van der Waals surface area contributed by atoms with E-state index in [1.54, 1.807) is 41.3 Å². The van der Waals surface area contributed by atoms with Gasteiger partial charge < -0.3 is 4.90 Å². The molecule has 0 unspecified atom stereocenters. The Morgan fingerprint density at radius 3 is 2.67 bits per heavy atom. The van der Waals surface area contributed by atoms with Crippen molar-refractivity contribution in [2.24, 2.45) is 0 Å². The Bertz CT molecular complexity index is 1040. The van der Waals surface area contributed by atoms with Gasteiger partial charge in [0.2, 0.25) is 5.91 Å². The number of aryl methyl sites for hydroxylation is 1. The molecule has 1 aromatic heterocycles. The van der Waals surface area contributed by atoms with Crippen LogP contribution in [0.25, 0.3) is 10.9 Å². The van der Waals surface area contributed by atoms with Crippen LogP contribution in [0.3, 0.4) is 0 Å². The number of hydrogen-bond donors (Lipinski definition) is 0. The largest absolute Gasteiger partial charge is 0.339 e. The summed E-state index contributed by atoms with van der Waals surface area (Å²) in [5.74, 6) is -0.0783. The predicted octanol–water partition coefficient (Wildman–Crippen LogP) is 3.54. The Morgan fingerprint density at radius 2 is 1.93 bits per heavy atom. The van der Waals surface area contributed by atoms with Gasteiger partial charge in [-0.15, -0.1) is 5.10 Å². The van der Waals surface area contributed by atoms with Gasteiger partial charge in [-0.3, -0.25) is 9.59 Å². The van der Waals surface area contributed by atoms with Crippen molar-refractivity contribution < 1.29 is 4.79 Å². The fourth-order valence-electron chi connectivity index (χ4n) is 2.76. The normalized spacial score (nSPS) is 10.9. The van der Waals surface area contributed by atoms with E-state index in [1.807, 2.05) is 13.0 Å². The highest BCUT2D eigenvalue weighted by atomic mass is 35.5. The summed E-state index contributed by atoms with van der Waals surface area (Å²) >= 11 is 12.0. The summed E-state index contributed by atoms with van der Waals surface area (Å²) in [5.41, 5.74) is 1.18. The van der Waals surface area contributed by atoms with Crippen LogP contribution in [0.15, 0.2) is 47.3 Å². The number of fused-ring (bicyclic) bond motifs is 1. The second-order valence-corrected chi connectivity index (χ2v) is 6.86. The zero-order chi connectivity index (χ0) is 19.4. The number of halogens is 2. The molecule has 140 valence electrons. The van der Waals surface area contributed by atoms with E-state index in [0.29, 0.717) is 34.0 Å². The minimum atomic E-state index is -0.249. The van der Waals surface area contributed by atoms with Gasteiger partial charge in [0, 0.05) is 19.5 Å². The molecule has 2 aromatic carbocycles. The number of rotatable bonds is 6. The zero-order valence-corrected chi connectivity index (χ0v) is 16.2. The molecular formula is C19H18Cl2N4O2. The second-order valence-electron chi connectivity index (χ2n) is 6.04. The van der Waals surface area contributed by atoms with Gasteiger partial charge in [-0.25, -0.2) is 4.68 Å². The first-order valence-electron chi connectivity index (χ1n) is 8.54. The molecule has 0 fully saturated rings. The third-order valence-corrected chi connectivity index (χ3v) is 5.00. The van der Waals surface area contributed by atoms with Crippen molar-refractivity contribution in [3.63, 3.8) is 0 Å². The van der Waals surface area contributed by atoms with Gasteiger partial charge in [-0.1, -0.05) is 46.6 Å². The van der Waals surface area contributed by atoms with E-state index >= 15 is 0 Å². The number of benzene rings is 2. The van der Waals surface area contributed by atoms with Crippen LogP contribution in [0.2, 0.25) is 10.0 Å². The Labute approximate surface area is 166 Å². The highest BCUT2D eigenvalue weighted by Crippen LogP contribution is 2.23. The van der Waals surface area contributed by atoms with Gasteiger partial charge >= 0.3 is 0 Å². The number of carbonyl (C=O) groups is 1. The van der Waals surface area contributed by atoms with Crippen LogP contribution in [-0.2, 0) is 17.9 Å². The smallest absolute Gasteiger partial charge is 0.277 e. The van der Waals surface area contributed by atoms with Gasteiger partial charge in [-0.05, 0) is 36.8 Å². The van der Waals surface area contributed by atoms with Crippen LogP contribution in [0.5, 0.6) is 0 Å². The summed E-state index contributed by atoms with van der Waals surface area (Å²) in [6.07, 6.45) is 0.155. The highest BCUT2D eigenvalue weighted by Gasteiger charge is 2.14. The van der Waals surface area contributed by atoms with Crippen molar-refractivity contribution in [2.75, 3.05) is 6.54 Å². The Balaban J connectivity index is 1.69. The lowest BCUT2D eigenvalue weighted by atomic mass is 10.2. The van der Waals surface area contributed by atoms with E-state index in [4.69, 9.17) is 23.2 Å². The molecule has 0 aliphatic rings. The molecular weight excluding hydrogens is 387 g/mol. The van der Waals surface area contributed by atoms with Crippen molar-refractivity contribution >= 4 is 40.0 Å². The first-order chi connectivity index (χ1) is 13.0. The van der Waals surface area contributed by atoms with Crippen LogP contribution in [0, 0.1) is 0 Å². The molecule has 0 aliphatic heterocycles. The third kappa shape index (κ3) is 4.46. The van der Waals surface area contributed by atoms with Crippen molar-refractivity contribution in [3.8, 4) is 0 Å². The van der Waals surface area contributed by atoms with E-state index in [2.05, 4.69) is 10.3 Å². The molecule has 27 heavy (non-hydrogen) atoms. The van der Waals surface area contributed by atoms with Crippen molar-refractivity contribution in [2.45, 2.75) is 26.4 Å². The van der Waals surface area contributed by atoms with Crippen molar-refractivity contribution in [1.29, 1.82) is 0 Å². The fraction of sp³-hybridized carbons (Fsp3) is 0.263. The number of aromatic nitrogens is 3. The van der Waals surface area contributed by atoms with E-state index in [1.165, 1.54) is 4.68 Å². The summed E-state index contributed by atoms with van der Waals surface area (Å²) in [5, 5.41) is 9.37. The third-order valence-electron chi connectivity index (χ3n) is 4.26. The Kier molecular flexibility index (Phi) is 6.08. The molecule has 0 N–H and O–H groups in total. The summed E-state index contributed by atoms with van der Waals surface area (Å²) in [6, 6.07) is 12.3. The molecule has 0 spiro atoms. The monoisotopic (exact) mass is 404 g/mol. The van der Waals surface area contributed by atoms with Crippen LogP contribution in [-0.4, -0.2) is 32.3 Å². The standard InChI is InChI=1S/C19H18Cl2N4O2/c1-2-24(12-13-7-8-15(20)16(21)11-13)18(26)9-10-25-19(27)14-5-3-4-6-17(14)22-23-25/h3-8,11H,2,9-10,12H2,1H3. The number of nitrogens with zero attached hydrogens (tertiary/aromatic N) is 4. The van der Waals surface area contributed by atoms with Gasteiger partial charge in [0.05, 0.1) is 22.0 Å². The predicted molar refractivity (Wildman–Crippen MR) is 106 cm³/mol. The number of carbonyl (C=O) groups excluding carboxylic acids is 1. The van der Waals surface area contributed by atoms with Gasteiger partial charge in [0.25, 0.3) is 5.56 Å². The molecule has 0 aliphatic carbocycles. The van der Waals surface area contributed by atoms with Crippen molar-refractivity contribution in [1.82, 2.24) is 19.9 Å². The topological polar surface area (TPSA) is 68.1 Å². The Hall–Kier alpha value is -2.44. The summed E-state index contributed by atoms with van der Waals surface area (Å²) in [6.45, 7) is 3.03. The average molecular weight is 405 g/mol. The van der Waals surface area contributed by atoms with Gasteiger partial charge in [0.1, 0.15) is 5.52 Å². The SMILES string of the molecule is CCN(Cc1ccc(Cl)c(Cl)c1)C(=O)CCn1nnc2ccccc2c1=O. The zero-order valence-electron chi connectivity index (χ0n) is 14.7. The second kappa shape index (κ2) is 8.50. The van der Waals surface area contributed by atoms with Gasteiger partial charge in [-0.2, -0.15) is 0 Å². The summed E-state index contributed by atoms with van der Waals surface area (Å²) in [7, 11) is 0. The molecule has 0 saturated heterocycles. The van der Waals surface area contributed by atoms with Crippen LogP contribution in [0.4, 0.5) is 0 Å². The summed E-state index contributed by atoms with van der Waals surface area (Å²) in [4.78, 5) is 26.7. The minimum Gasteiger partial charge on any atom is -0.339 e. The molecule has 1 heterocycles. The number of hydrogen-bond acceptors (Lipinski definition) is 4. The maximum atomic E-state index is 12.6.